The molecule has 0 bridgehead atoms. The van der Waals surface area contributed by atoms with Crippen LogP contribution >= 0.6 is 11.3 Å². The molecule has 3 N–H and O–H groups in total. The fraction of sp³-hybridized carbons (Fsp3) is 0.143. The van der Waals surface area contributed by atoms with Gasteiger partial charge < -0.3 is 16.0 Å². The lowest BCUT2D eigenvalue weighted by Gasteiger charge is -2.07. The summed E-state index contributed by atoms with van der Waals surface area (Å²) in [6.07, 6.45) is 0. The number of carbonyl (C=O) groups excluding carboxylic acids is 2. The molecule has 27 heavy (non-hydrogen) atoms. The molecule has 0 aliphatic carbocycles. The lowest BCUT2D eigenvalue weighted by Crippen LogP contribution is -2.28. The Morgan fingerprint density at radius 2 is 1.41 bits per heavy atom. The van der Waals surface area contributed by atoms with Gasteiger partial charge in [-0.1, -0.05) is 60.7 Å². The molecule has 6 heteroatoms. The number of aryl methyl sites for hydroxylation is 1. The molecule has 1 aromatic heterocycles. The Morgan fingerprint density at radius 1 is 0.852 bits per heavy atom. The molecule has 138 valence electrons. The number of hydrogen-bond donors (Lipinski definition) is 3. The van der Waals surface area contributed by atoms with Crippen molar-refractivity contribution in [2.75, 3.05) is 5.32 Å². The second-order valence-electron chi connectivity index (χ2n) is 6.04. The van der Waals surface area contributed by atoms with Gasteiger partial charge >= 0.3 is 6.03 Å². The van der Waals surface area contributed by atoms with Crippen LogP contribution in [0, 0.1) is 6.92 Å². The highest BCUT2D eigenvalue weighted by Gasteiger charge is 2.14. The van der Waals surface area contributed by atoms with Gasteiger partial charge in [-0.2, -0.15) is 0 Å². The number of amides is 3. The molecule has 0 fully saturated rings. The average molecular weight is 379 g/mol. The summed E-state index contributed by atoms with van der Waals surface area (Å²) in [5.41, 5.74) is 2.71. The van der Waals surface area contributed by atoms with Crippen LogP contribution in [0.2, 0.25) is 0 Å². The van der Waals surface area contributed by atoms with Crippen molar-refractivity contribution in [2.24, 2.45) is 0 Å². The van der Waals surface area contributed by atoms with E-state index in [4.69, 9.17) is 0 Å². The molecular weight excluding hydrogens is 358 g/mol. The van der Waals surface area contributed by atoms with Gasteiger partial charge in [0.25, 0.3) is 5.91 Å². The summed E-state index contributed by atoms with van der Waals surface area (Å²) in [5.74, 6) is -0.148. The van der Waals surface area contributed by atoms with E-state index in [0.717, 1.165) is 16.0 Å². The van der Waals surface area contributed by atoms with Crippen molar-refractivity contribution in [3.63, 3.8) is 0 Å². The molecule has 0 aliphatic heterocycles. The molecule has 5 nitrogen and oxygen atoms in total. The van der Waals surface area contributed by atoms with E-state index in [1.807, 2.05) is 67.6 Å². The van der Waals surface area contributed by atoms with E-state index in [1.165, 1.54) is 11.3 Å². The van der Waals surface area contributed by atoms with Gasteiger partial charge in [-0.3, -0.25) is 4.79 Å². The van der Waals surface area contributed by atoms with Gasteiger partial charge in [0.05, 0.1) is 10.6 Å². The maximum Gasteiger partial charge on any atom is 0.319 e. The summed E-state index contributed by atoms with van der Waals surface area (Å²) < 4.78 is 0. The molecule has 0 aliphatic rings. The van der Waals surface area contributed by atoms with Gasteiger partial charge in [-0.05, 0) is 24.1 Å². The first-order valence-electron chi connectivity index (χ1n) is 8.63. The summed E-state index contributed by atoms with van der Waals surface area (Å²) in [6, 6.07) is 20.8. The van der Waals surface area contributed by atoms with Crippen molar-refractivity contribution in [2.45, 2.75) is 20.0 Å². The molecule has 1 heterocycles. The second kappa shape index (κ2) is 9.00. The fourth-order valence-corrected chi connectivity index (χ4v) is 3.42. The smallest absolute Gasteiger partial charge is 0.319 e. The highest BCUT2D eigenvalue weighted by Crippen LogP contribution is 2.26. The lowest BCUT2D eigenvalue weighted by atomic mass is 10.2. The van der Waals surface area contributed by atoms with Crippen LogP contribution in [-0.2, 0) is 13.1 Å². The van der Waals surface area contributed by atoms with E-state index in [9.17, 15) is 9.59 Å². The van der Waals surface area contributed by atoms with Crippen LogP contribution in [0.3, 0.4) is 0 Å². The van der Waals surface area contributed by atoms with Crippen molar-refractivity contribution in [3.8, 4) is 0 Å². The van der Waals surface area contributed by atoms with Crippen LogP contribution in [0.1, 0.15) is 25.7 Å². The SMILES string of the molecule is Cc1sc(C(=O)NCc2ccccc2)cc1NC(=O)NCc1ccccc1. The number of rotatable bonds is 6. The number of carbonyl (C=O) groups is 2. The van der Waals surface area contributed by atoms with Crippen molar-refractivity contribution in [1.29, 1.82) is 0 Å². The number of hydrogen-bond acceptors (Lipinski definition) is 3. The number of urea groups is 1. The third-order valence-corrected chi connectivity index (χ3v) is 5.03. The zero-order valence-electron chi connectivity index (χ0n) is 15.0. The molecule has 2 aromatic carbocycles. The molecule has 0 saturated carbocycles. The quantitative estimate of drug-likeness (QED) is 0.597. The van der Waals surface area contributed by atoms with Crippen LogP contribution < -0.4 is 16.0 Å². The normalized spacial score (nSPS) is 10.3. The first-order valence-corrected chi connectivity index (χ1v) is 9.45. The van der Waals surface area contributed by atoms with Crippen LogP contribution in [0.4, 0.5) is 10.5 Å². The molecule has 0 saturated heterocycles. The molecule has 3 aromatic rings. The van der Waals surface area contributed by atoms with Crippen LogP contribution in [0.5, 0.6) is 0 Å². The first kappa shape index (κ1) is 18.7. The number of benzene rings is 2. The van der Waals surface area contributed by atoms with Crippen molar-refractivity contribution in [3.05, 3.63) is 87.6 Å². The molecule has 0 unspecified atom stereocenters. The maximum absolute atomic E-state index is 12.4. The fourth-order valence-electron chi connectivity index (χ4n) is 2.53. The highest BCUT2D eigenvalue weighted by atomic mass is 32.1. The van der Waals surface area contributed by atoms with Gasteiger partial charge in [-0.15, -0.1) is 11.3 Å². The van der Waals surface area contributed by atoms with Crippen molar-refractivity contribution >= 4 is 29.0 Å². The predicted molar refractivity (Wildman–Crippen MR) is 109 cm³/mol. The van der Waals surface area contributed by atoms with Gasteiger partial charge in [0, 0.05) is 18.0 Å². The Balaban J connectivity index is 1.54. The zero-order chi connectivity index (χ0) is 19.1. The van der Waals surface area contributed by atoms with E-state index < -0.39 is 0 Å². The Morgan fingerprint density at radius 3 is 2.00 bits per heavy atom. The van der Waals surface area contributed by atoms with Gasteiger partial charge in [0.2, 0.25) is 0 Å². The summed E-state index contributed by atoms with van der Waals surface area (Å²) in [5, 5.41) is 8.52. The highest BCUT2D eigenvalue weighted by molar-refractivity contribution is 7.14. The number of thiophene rings is 1. The summed E-state index contributed by atoms with van der Waals surface area (Å²) >= 11 is 1.36. The lowest BCUT2D eigenvalue weighted by molar-refractivity contribution is 0.0955. The second-order valence-corrected chi connectivity index (χ2v) is 7.30. The standard InChI is InChI=1S/C21H21N3O2S/c1-15-18(24-21(26)23-14-17-10-6-3-7-11-17)12-19(27-15)20(25)22-13-16-8-4-2-5-9-16/h2-12H,13-14H2,1H3,(H,22,25)(H2,23,24,26). The maximum atomic E-state index is 12.4. The first-order chi connectivity index (χ1) is 13.1. The molecule has 3 rings (SSSR count). The Bertz CT molecular complexity index is 908. The third kappa shape index (κ3) is 5.43. The molecule has 0 spiro atoms. The van der Waals surface area contributed by atoms with Crippen LogP contribution in [0.15, 0.2) is 66.7 Å². The largest absolute Gasteiger partial charge is 0.347 e. The third-order valence-electron chi connectivity index (χ3n) is 3.98. The molecule has 0 atom stereocenters. The number of nitrogens with one attached hydrogen (secondary N) is 3. The summed E-state index contributed by atoms with van der Waals surface area (Å²) in [6.45, 7) is 2.79. The topological polar surface area (TPSA) is 70.2 Å². The minimum absolute atomic E-state index is 0.148. The summed E-state index contributed by atoms with van der Waals surface area (Å²) in [7, 11) is 0. The van der Waals surface area contributed by atoms with Gasteiger partial charge in [-0.25, -0.2) is 4.79 Å². The van der Waals surface area contributed by atoms with E-state index >= 15 is 0 Å². The Hall–Kier alpha value is -3.12. The minimum atomic E-state index is -0.295. The average Bonchev–Trinajstić information content (AvgIpc) is 3.06. The summed E-state index contributed by atoms with van der Waals surface area (Å²) in [4.78, 5) is 25.9. The van der Waals surface area contributed by atoms with Crippen LogP contribution in [0.25, 0.3) is 0 Å². The Kier molecular flexibility index (Phi) is 6.22. The van der Waals surface area contributed by atoms with Gasteiger partial charge in [0.15, 0.2) is 0 Å². The van der Waals surface area contributed by atoms with Crippen molar-refractivity contribution < 1.29 is 9.59 Å². The van der Waals surface area contributed by atoms with E-state index in [1.54, 1.807) is 6.07 Å². The minimum Gasteiger partial charge on any atom is -0.347 e. The Labute approximate surface area is 162 Å². The molecule has 0 radical (unpaired) electrons. The van der Waals surface area contributed by atoms with E-state index in [-0.39, 0.29) is 11.9 Å². The van der Waals surface area contributed by atoms with E-state index in [2.05, 4.69) is 16.0 Å². The van der Waals surface area contributed by atoms with E-state index in [0.29, 0.717) is 23.7 Å². The van der Waals surface area contributed by atoms with Crippen LogP contribution in [-0.4, -0.2) is 11.9 Å². The molecule has 3 amide bonds. The monoisotopic (exact) mass is 379 g/mol. The van der Waals surface area contributed by atoms with Gasteiger partial charge in [0.1, 0.15) is 0 Å². The predicted octanol–water partition coefficient (Wildman–Crippen LogP) is 4.31. The molecular formula is C21H21N3O2S. The zero-order valence-corrected chi connectivity index (χ0v) is 15.8. The number of anilines is 1. The van der Waals surface area contributed by atoms with Crippen molar-refractivity contribution in [1.82, 2.24) is 10.6 Å².